The molecule has 29 heavy (non-hydrogen) atoms. The molecule has 0 saturated carbocycles. The van der Waals surface area contributed by atoms with Crippen LogP contribution in [0.3, 0.4) is 0 Å². The summed E-state index contributed by atoms with van der Waals surface area (Å²) in [5, 5.41) is 15.0. The predicted octanol–water partition coefficient (Wildman–Crippen LogP) is 4.32. The van der Waals surface area contributed by atoms with Gasteiger partial charge in [0.15, 0.2) is 0 Å². The summed E-state index contributed by atoms with van der Waals surface area (Å²) in [7, 11) is 1.93. The van der Waals surface area contributed by atoms with E-state index in [0.29, 0.717) is 22.6 Å². The summed E-state index contributed by atoms with van der Waals surface area (Å²) < 4.78 is 15.8. The first-order chi connectivity index (χ1) is 13.8. The van der Waals surface area contributed by atoms with Crippen LogP contribution in [0.15, 0.2) is 48.8 Å². The number of nitro groups is 1. The fourth-order valence-corrected chi connectivity index (χ4v) is 3.25. The van der Waals surface area contributed by atoms with Crippen molar-refractivity contribution in [3.8, 4) is 11.3 Å². The number of benzene rings is 2. The van der Waals surface area contributed by atoms with Crippen molar-refractivity contribution in [3.05, 3.63) is 70.3 Å². The van der Waals surface area contributed by atoms with Crippen LogP contribution in [0.1, 0.15) is 5.56 Å². The van der Waals surface area contributed by atoms with E-state index in [2.05, 4.69) is 15.3 Å². The number of nitrogen functional groups attached to an aromatic ring is 1. The van der Waals surface area contributed by atoms with Crippen molar-refractivity contribution in [2.24, 2.45) is 7.05 Å². The van der Waals surface area contributed by atoms with Crippen LogP contribution >= 0.6 is 0 Å². The number of halogens is 1. The van der Waals surface area contributed by atoms with Gasteiger partial charge < -0.3 is 15.6 Å². The number of nitrogens with one attached hydrogen (secondary N) is 1. The van der Waals surface area contributed by atoms with Crippen molar-refractivity contribution in [2.45, 2.75) is 6.92 Å². The number of anilines is 3. The lowest BCUT2D eigenvalue weighted by atomic mass is 10.1. The molecule has 8 nitrogen and oxygen atoms in total. The van der Waals surface area contributed by atoms with Crippen LogP contribution in [0.5, 0.6) is 0 Å². The summed E-state index contributed by atoms with van der Waals surface area (Å²) in [5.74, 6) is -0.696. The molecule has 0 atom stereocenters. The molecule has 0 saturated heterocycles. The van der Waals surface area contributed by atoms with Crippen molar-refractivity contribution in [1.82, 2.24) is 14.5 Å². The standard InChI is InChI=1S/C20H17FN6O2/c1-11-7-14(21)18(27(28)29)8-16(11)24-20-23-9-15(22)19(25-20)13-10-26(2)17-6-4-3-5-12(13)17/h3-10H,22H2,1-2H3,(H,23,24,25). The number of nitrogens with zero attached hydrogens (tertiary/aromatic N) is 4. The van der Waals surface area contributed by atoms with Crippen molar-refractivity contribution in [3.63, 3.8) is 0 Å². The van der Waals surface area contributed by atoms with E-state index in [0.717, 1.165) is 28.6 Å². The summed E-state index contributed by atoms with van der Waals surface area (Å²) >= 11 is 0. The maximum absolute atomic E-state index is 13.8. The number of hydrogen-bond donors (Lipinski definition) is 2. The Morgan fingerprint density at radius 3 is 2.79 bits per heavy atom. The first-order valence-corrected chi connectivity index (χ1v) is 8.73. The van der Waals surface area contributed by atoms with Crippen molar-refractivity contribution in [1.29, 1.82) is 0 Å². The highest BCUT2D eigenvalue weighted by atomic mass is 19.1. The second-order valence-corrected chi connectivity index (χ2v) is 6.67. The largest absolute Gasteiger partial charge is 0.396 e. The Balaban J connectivity index is 1.79. The molecule has 2 aromatic heterocycles. The van der Waals surface area contributed by atoms with Gasteiger partial charge in [0.1, 0.15) is 5.69 Å². The van der Waals surface area contributed by atoms with Crippen LogP contribution in [0.2, 0.25) is 0 Å². The van der Waals surface area contributed by atoms with Gasteiger partial charge in [0.25, 0.3) is 0 Å². The third-order valence-electron chi connectivity index (χ3n) is 4.71. The van der Waals surface area contributed by atoms with Gasteiger partial charge in [0, 0.05) is 35.8 Å². The average Bonchev–Trinajstić information content (AvgIpc) is 3.02. The highest BCUT2D eigenvalue weighted by Crippen LogP contribution is 2.33. The van der Waals surface area contributed by atoms with E-state index in [1.54, 1.807) is 6.92 Å². The molecule has 4 rings (SSSR count). The lowest BCUT2D eigenvalue weighted by Gasteiger charge is -2.11. The van der Waals surface area contributed by atoms with E-state index >= 15 is 0 Å². The van der Waals surface area contributed by atoms with Crippen molar-refractivity contribution < 1.29 is 9.31 Å². The third kappa shape index (κ3) is 3.22. The number of hydrogen-bond acceptors (Lipinski definition) is 6. The minimum Gasteiger partial charge on any atom is -0.396 e. The van der Waals surface area contributed by atoms with E-state index in [4.69, 9.17) is 5.73 Å². The number of aryl methyl sites for hydroxylation is 2. The van der Waals surface area contributed by atoms with Crippen LogP contribution in [0.25, 0.3) is 22.2 Å². The molecule has 0 unspecified atom stereocenters. The first kappa shape index (κ1) is 18.4. The zero-order valence-corrected chi connectivity index (χ0v) is 15.7. The number of nitro benzene ring substituents is 1. The Morgan fingerprint density at radius 2 is 2.03 bits per heavy atom. The molecule has 0 bridgehead atoms. The smallest absolute Gasteiger partial charge is 0.306 e. The normalized spacial score (nSPS) is 11.0. The zero-order chi connectivity index (χ0) is 20.7. The summed E-state index contributed by atoms with van der Waals surface area (Å²) in [4.78, 5) is 18.9. The lowest BCUT2D eigenvalue weighted by molar-refractivity contribution is -0.387. The molecular weight excluding hydrogens is 375 g/mol. The topological polar surface area (TPSA) is 112 Å². The molecule has 0 aliphatic heterocycles. The molecule has 146 valence electrons. The highest BCUT2D eigenvalue weighted by Gasteiger charge is 2.18. The van der Waals surface area contributed by atoms with Crippen molar-refractivity contribution in [2.75, 3.05) is 11.1 Å². The molecule has 3 N–H and O–H groups in total. The Hall–Kier alpha value is -4.01. The van der Waals surface area contributed by atoms with Crippen molar-refractivity contribution >= 4 is 33.9 Å². The Bertz CT molecular complexity index is 1270. The molecule has 0 amide bonds. The molecule has 4 aromatic rings. The fraction of sp³-hybridized carbons (Fsp3) is 0.100. The lowest BCUT2D eigenvalue weighted by Crippen LogP contribution is -2.04. The second-order valence-electron chi connectivity index (χ2n) is 6.67. The molecule has 2 aromatic carbocycles. The number of fused-ring (bicyclic) bond motifs is 1. The van der Waals surface area contributed by atoms with E-state index in [9.17, 15) is 14.5 Å². The minimum absolute atomic E-state index is 0.200. The van der Waals surface area contributed by atoms with Crippen LogP contribution < -0.4 is 11.1 Å². The van der Waals surface area contributed by atoms with Gasteiger partial charge in [-0.25, -0.2) is 9.97 Å². The van der Waals surface area contributed by atoms with E-state index in [1.807, 2.05) is 42.1 Å². The van der Waals surface area contributed by atoms with E-state index < -0.39 is 16.4 Å². The molecular formula is C20H17FN6O2. The molecule has 0 aliphatic carbocycles. The second kappa shape index (κ2) is 6.86. The quantitative estimate of drug-likeness (QED) is 0.395. The van der Waals surface area contributed by atoms with Crippen LogP contribution in [0, 0.1) is 22.9 Å². The van der Waals surface area contributed by atoms with Crippen LogP contribution in [-0.4, -0.2) is 19.5 Å². The third-order valence-corrected chi connectivity index (χ3v) is 4.71. The van der Waals surface area contributed by atoms with Gasteiger partial charge in [-0.05, 0) is 24.6 Å². The zero-order valence-electron chi connectivity index (χ0n) is 15.7. The van der Waals surface area contributed by atoms with Crippen LogP contribution in [0.4, 0.5) is 27.4 Å². The number of para-hydroxylation sites is 1. The van der Waals surface area contributed by atoms with Gasteiger partial charge in [-0.1, -0.05) is 18.2 Å². The Morgan fingerprint density at radius 1 is 1.28 bits per heavy atom. The molecule has 0 aliphatic rings. The average molecular weight is 392 g/mol. The van der Waals surface area contributed by atoms with E-state index in [1.165, 1.54) is 6.20 Å². The van der Waals surface area contributed by atoms with Gasteiger partial charge >= 0.3 is 5.69 Å². The Kier molecular flexibility index (Phi) is 4.34. The summed E-state index contributed by atoms with van der Waals surface area (Å²) in [6.45, 7) is 1.64. The maximum atomic E-state index is 13.8. The van der Waals surface area contributed by atoms with Gasteiger partial charge in [-0.2, -0.15) is 4.39 Å². The van der Waals surface area contributed by atoms with Gasteiger partial charge in [-0.15, -0.1) is 0 Å². The number of nitrogens with two attached hydrogens (primary N) is 1. The van der Waals surface area contributed by atoms with E-state index in [-0.39, 0.29) is 5.95 Å². The number of aromatic nitrogens is 3. The summed E-state index contributed by atoms with van der Waals surface area (Å²) in [6, 6.07) is 10.1. The number of rotatable bonds is 4. The molecule has 9 heteroatoms. The van der Waals surface area contributed by atoms with Gasteiger partial charge in [0.2, 0.25) is 11.8 Å². The van der Waals surface area contributed by atoms with Crippen LogP contribution in [-0.2, 0) is 7.05 Å². The van der Waals surface area contributed by atoms with Gasteiger partial charge in [0.05, 0.1) is 22.5 Å². The maximum Gasteiger partial charge on any atom is 0.306 e. The first-order valence-electron chi connectivity index (χ1n) is 8.73. The minimum atomic E-state index is -0.896. The monoisotopic (exact) mass is 392 g/mol. The summed E-state index contributed by atoms with van der Waals surface area (Å²) in [6.07, 6.45) is 3.40. The highest BCUT2D eigenvalue weighted by molar-refractivity contribution is 5.97. The van der Waals surface area contributed by atoms with Gasteiger partial charge in [-0.3, -0.25) is 10.1 Å². The molecule has 0 spiro atoms. The predicted molar refractivity (Wildman–Crippen MR) is 109 cm³/mol. The summed E-state index contributed by atoms with van der Waals surface area (Å²) in [5.41, 5.74) is 9.13. The SMILES string of the molecule is Cc1cc(F)c([N+](=O)[O-])cc1Nc1ncc(N)c(-c2cn(C)c3ccccc23)n1. The Labute approximate surface area is 165 Å². The fourth-order valence-electron chi connectivity index (χ4n) is 3.25. The molecule has 0 fully saturated rings. The molecule has 2 heterocycles. The molecule has 0 radical (unpaired) electrons.